The standard InChI is InChI=1S/C13H16N6/c1-18-8-10(16-17-18)9-19-12-5-3-2-4-11(12)15-13(19)6-7-14/h2-5,8H,6-7,9,14H2,1H3. The van der Waals surface area contributed by atoms with Crippen LogP contribution in [0.4, 0.5) is 0 Å². The molecule has 3 aromatic rings. The Hall–Kier alpha value is -2.21. The second-order valence-corrected chi connectivity index (χ2v) is 4.53. The Balaban J connectivity index is 2.06. The second-order valence-electron chi connectivity index (χ2n) is 4.53. The molecule has 0 aliphatic heterocycles. The lowest BCUT2D eigenvalue weighted by Gasteiger charge is -2.06. The largest absolute Gasteiger partial charge is 0.330 e. The number of nitrogens with zero attached hydrogens (tertiary/aromatic N) is 5. The van der Waals surface area contributed by atoms with Crippen LogP contribution >= 0.6 is 0 Å². The number of fused-ring (bicyclic) bond motifs is 1. The maximum atomic E-state index is 5.66. The molecule has 0 saturated heterocycles. The normalized spacial score (nSPS) is 11.3. The lowest BCUT2D eigenvalue weighted by molar-refractivity contribution is 0.702. The summed E-state index contributed by atoms with van der Waals surface area (Å²) in [5.41, 5.74) is 8.69. The molecule has 0 spiro atoms. The number of nitrogens with two attached hydrogens (primary N) is 1. The summed E-state index contributed by atoms with van der Waals surface area (Å²) in [6, 6.07) is 8.10. The van der Waals surface area contributed by atoms with Gasteiger partial charge < -0.3 is 10.3 Å². The van der Waals surface area contributed by atoms with Crippen molar-refractivity contribution in [2.75, 3.05) is 6.54 Å². The van der Waals surface area contributed by atoms with Crippen LogP contribution in [-0.2, 0) is 20.0 Å². The number of benzene rings is 1. The van der Waals surface area contributed by atoms with Gasteiger partial charge in [0.05, 0.1) is 17.6 Å². The van der Waals surface area contributed by atoms with Gasteiger partial charge in [-0.15, -0.1) is 5.10 Å². The summed E-state index contributed by atoms with van der Waals surface area (Å²) >= 11 is 0. The number of para-hydroxylation sites is 2. The Morgan fingerprint density at radius 1 is 1.26 bits per heavy atom. The van der Waals surface area contributed by atoms with Gasteiger partial charge in [-0.2, -0.15) is 0 Å². The van der Waals surface area contributed by atoms with Crippen molar-refractivity contribution in [2.45, 2.75) is 13.0 Å². The highest BCUT2D eigenvalue weighted by Gasteiger charge is 2.11. The first-order valence-corrected chi connectivity index (χ1v) is 6.27. The topological polar surface area (TPSA) is 74.5 Å². The minimum absolute atomic E-state index is 0.587. The van der Waals surface area contributed by atoms with Gasteiger partial charge in [0.25, 0.3) is 0 Å². The molecule has 0 bridgehead atoms. The fourth-order valence-electron chi connectivity index (χ4n) is 2.25. The van der Waals surface area contributed by atoms with Crippen LogP contribution in [-0.4, -0.2) is 31.1 Å². The second kappa shape index (κ2) is 4.81. The summed E-state index contributed by atoms with van der Waals surface area (Å²) in [5, 5.41) is 8.09. The van der Waals surface area contributed by atoms with E-state index in [4.69, 9.17) is 5.73 Å². The van der Waals surface area contributed by atoms with Crippen molar-refractivity contribution >= 4 is 11.0 Å². The molecule has 2 aromatic heterocycles. The molecule has 0 aliphatic carbocycles. The van der Waals surface area contributed by atoms with Gasteiger partial charge in [0.15, 0.2) is 0 Å². The monoisotopic (exact) mass is 256 g/mol. The quantitative estimate of drug-likeness (QED) is 0.746. The van der Waals surface area contributed by atoms with Crippen LogP contribution in [0.25, 0.3) is 11.0 Å². The van der Waals surface area contributed by atoms with Crippen LogP contribution in [0.1, 0.15) is 11.5 Å². The minimum Gasteiger partial charge on any atom is -0.330 e. The minimum atomic E-state index is 0.587. The van der Waals surface area contributed by atoms with Gasteiger partial charge in [-0.1, -0.05) is 17.3 Å². The molecular weight excluding hydrogens is 240 g/mol. The Labute approximate surface area is 110 Å². The molecule has 6 heteroatoms. The molecule has 0 amide bonds. The zero-order valence-electron chi connectivity index (χ0n) is 10.8. The van der Waals surface area contributed by atoms with Crippen molar-refractivity contribution < 1.29 is 0 Å². The number of aromatic nitrogens is 5. The predicted octanol–water partition coefficient (Wildman–Crippen LogP) is 0.714. The summed E-state index contributed by atoms with van der Waals surface area (Å²) < 4.78 is 3.86. The highest BCUT2D eigenvalue weighted by atomic mass is 15.4. The molecule has 98 valence electrons. The number of hydrogen-bond donors (Lipinski definition) is 1. The SMILES string of the molecule is Cn1cc(Cn2c(CCN)nc3ccccc32)nn1. The zero-order valence-corrected chi connectivity index (χ0v) is 10.8. The first-order chi connectivity index (χ1) is 9.28. The molecule has 0 unspecified atom stereocenters. The number of hydrogen-bond acceptors (Lipinski definition) is 4. The average molecular weight is 256 g/mol. The molecule has 3 rings (SSSR count). The molecule has 0 aliphatic rings. The molecule has 1 aromatic carbocycles. The Morgan fingerprint density at radius 3 is 2.84 bits per heavy atom. The van der Waals surface area contributed by atoms with E-state index in [-0.39, 0.29) is 0 Å². The Kier molecular flexibility index (Phi) is 3.00. The van der Waals surface area contributed by atoms with E-state index in [9.17, 15) is 0 Å². The summed E-state index contributed by atoms with van der Waals surface area (Å²) in [6.07, 6.45) is 2.68. The number of rotatable bonds is 4. The van der Waals surface area contributed by atoms with E-state index in [1.165, 1.54) is 0 Å². The Morgan fingerprint density at radius 2 is 2.11 bits per heavy atom. The summed E-state index contributed by atoms with van der Waals surface area (Å²) in [4.78, 5) is 4.63. The molecule has 0 saturated carbocycles. The molecule has 0 atom stereocenters. The summed E-state index contributed by atoms with van der Waals surface area (Å²) in [5.74, 6) is 0.995. The highest BCUT2D eigenvalue weighted by Crippen LogP contribution is 2.17. The van der Waals surface area contributed by atoms with Gasteiger partial charge in [0.2, 0.25) is 0 Å². The third kappa shape index (κ3) is 2.22. The fourth-order valence-corrected chi connectivity index (χ4v) is 2.25. The van der Waals surface area contributed by atoms with E-state index in [0.29, 0.717) is 13.1 Å². The summed E-state index contributed by atoms with van der Waals surface area (Å²) in [7, 11) is 1.86. The third-order valence-corrected chi connectivity index (χ3v) is 3.07. The molecule has 0 radical (unpaired) electrons. The molecule has 19 heavy (non-hydrogen) atoms. The maximum Gasteiger partial charge on any atom is 0.111 e. The van der Waals surface area contributed by atoms with Gasteiger partial charge in [0.1, 0.15) is 11.5 Å². The van der Waals surface area contributed by atoms with Gasteiger partial charge in [-0.25, -0.2) is 4.98 Å². The van der Waals surface area contributed by atoms with E-state index in [1.54, 1.807) is 4.68 Å². The first kappa shape index (κ1) is 11.9. The molecule has 2 heterocycles. The van der Waals surface area contributed by atoms with Crippen LogP contribution in [0.2, 0.25) is 0 Å². The third-order valence-electron chi connectivity index (χ3n) is 3.07. The number of aryl methyl sites for hydroxylation is 1. The Bertz CT molecular complexity index is 696. The van der Waals surface area contributed by atoms with Crippen LogP contribution in [0.5, 0.6) is 0 Å². The van der Waals surface area contributed by atoms with Gasteiger partial charge >= 0.3 is 0 Å². The zero-order chi connectivity index (χ0) is 13.2. The van der Waals surface area contributed by atoms with E-state index < -0.39 is 0 Å². The molecule has 6 nitrogen and oxygen atoms in total. The predicted molar refractivity (Wildman–Crippen MR) is 72.6 cm³/mol. The van der Waals surface area contributed by atoms with Crippen molar-refractivity contribution in [3.63, 3.8) is 0 Å². The van der Waals surface area contributed by atoms with Gasteiger partial charge in [-0.05, 0) is 18.7 Å². The average Bonchev–Trinajstić information content (AvgIpc) is 2.96. The van der Waals surface area contributed by atoms with Crippen LogP contribution in [0.3, 0.4) is 0 Å². The van der Waals surface area contributed by atoms with E-state index in [2.05, 4.69) is 25.9 Å². The van der Waals surface area contributed by atoms with Crippen molar-refractivity contribution in [1.29, 1.82) is 0 Å². The van der Waals surface area contributed by atoms with E-state index >= 15 is 0 Å². The van der Waals surface area contributed by atoms with Crippen molar-refractivity contribution in [3.8, 4) is 0 Å². The van der Waals surface area contributed by atoms with Crippen LogP contribution < -0.4 is 5.73 Å². The smallest absolute Gasteiger partial charge is 0.111 e. The van der Waals surface area contributed by atoms with E-state index in [0.717, 1.165) is 29.0 Å². The highest BCUT2D eigenvalue weighted by molar-refractivity contribution is 5.76. The lowest BCUT2D eigenvalue weighted by atomic mass is 10.3. The molecule has 2 N–H and O–H groups in total. The van der Waals surface area contributed by atoms with Crippen molar-refractivity contribution in [2.24, 2.45) is 12.8 Å². The van der Waals surface area contributed by atoms with Crippen LogP contribution in [0, 0.1) is 0 Å². The first-order valence-electron chi connectivity index (χ1n) is 6.27. The van der Waals surface area contributed by atoms with Gasteiger partial charge in [-0.3, -0.25) is 4.68 Å². The van der Waals surface area contributed by atoms with E-state index in [1.807, 2.05) is 31.4 Å². The lowest BCUT2D eigenvalue weighted by Crippen LogP contribution is -2.11. The maximum absolute atomic E-state index is 5.66. The molecular formula is C13H16N6. The van der Waals surface area contributed by atoms with Crippen molar-refractivity contribution in [1.82, 2.24) is 24.5 Å². The number of imidazole rings is 1. The fraction of sp³-hybridized carbons (Fsp3) is 0.308. The summed E-state index contributed by atoms with van der Waals surface area (Å²) in [6.45, 7) is 1.26. The van der Waals surface area contributed by atoms with Crippen molar-refractivity contribution in [3.05, 3.63) is 42.0 Å². The van der Waals surface area contributed by atoms with Crippen LogP contribution in [0.15, 0.2) is 30.5 Å². The van der Waals surface area contributed by atoms with Gasteiger partial charge in [0, 0.05) is 19.7 Å². The molecule has 0 fully saturated rings.